The molecular weight excluding hydrogens is 412 g/mol. The second-order valence-corrected chi connectivity index (χ2v) is 7.65. The van der Waals surface area contributed by atoms with Gasteiger partial charge in [0.15, 0.2) is 5.43 Å². The molecule has 4 rings (SSSR count). The third kappa shape index (κ3) is 3.71. The first-order valence-corrected chi connectivity index (χ1v) is 9.94. The molecule has 0 saturated heterocycles. The Bertz CT molecular complexity index is 1450. The van der Waals surface area contributed by atoms with Crippen LogP contribution in [0.4, 0.5) is 14.5 Å². The van der Waals surface area contributed by atoms with Crippen molar-refractivity contribution in [1.82, 2.24) is 4.98 Å². The summed E-state index contributed by atoms with van der Waals surface area (Å²) in [5.74, 6) is -0.934. The van der Waals surface area contributed by atoms with Crippen LogP contribution in [0.2, 0.25) is 0 Å². The minimum atomic E-state index is -0.623. The van der Waals surface area contributed by atoms with Gasteiger partial charge in [0.2, 0.25) is 0 Å². The standard InChI is InChI=1S/C25H19F2N3O2/c1-13-7-18(15(3)30-22-6-4-5-21(27)20(22)10-28)25-19(8-13)23(31)14(2)24(32-25)16-9-17(26)12-29-11-16/h4-9,11-12,15,30H,1-3H3/t15-/m1/s1. The van der Waals surface area contributed by atoms with Crippen LogP contribution in [0.1, 0.15) is 35.2 Å². The monoisotopic (exact) mass is 431 g/mol. The maximum atomic E-state index is 14.0. The quantitative estimate of drug-likeness (QED) is 0.442. The van der Waals surface area contributed by atoms with Crippen molar-refractivity contribution in [2.75, 3.05) is 5.32 Å². The SMILES string of the molecule is Cc1cc([C@@H](C)Nc2cccc(F)c2C#N)c2oc(-c3cncc(F)c3)c(C)c(=O)c2c1. The Balaban J connectivity index is 1.91. The molecule has 0 unspecified atom stereocenters. The second kappa shape index (κ2) is 8.23. The number of hydrogen-bond donors (Lipinski definition) is 1. The van der Waals surface area contributed by atoms with Crippen LogP contribution in [-0.2, 0) is 0 Å². The zero-order valence-electron chi connectivity index (χ0n) is 17.7. The number of benzene rings is 2. The lowest BCUT2D eigenvalue weighted by Crippen LogP contribution is -2.13. The van der Waals surface area contributed by atoms with E-state index in [9.17, 15) is 18.8 Å². The van der Waals surface area contributed by atoms with Gasteiger partial charge in [-0.15, -0.1) is 0 Å². The number of fused-ring (bicyclic) bond motifs is 1. The van der Waals surface area contributed by atoms with Crippen molar-refractivity contribution in [3.05, 3.63) is 92.9 Å². The third-order valence-electron chi connectivity index (χ3n) is 5.32. The van der Waals surface area contributed by atoms with Crippen molar-refractivity contribution in [3.63, 3.8) is 0 Å². The van der Waals surface area contributed by atoms with E-state index >= 15 is 0 Å². The topological polar surface area (TPSA) is 78.9 Å². The molecule has 0 fully saturated rings. The average Bonchev–Trinajstić information content (AvgIpc) is 2.76. The Morgan fingerprint density at radius 1 is 1.16 bits per heavy atom. The third-order valence-corrected chi connectivity index (χ3v) is 5.32. The van der Waals surface area contributed by atoms with Crippen LogP contribution in [0.15, 0.2) is 58.0 Å². The van der Waals surface area contributed by atoms with Crippen molar-refractivity contribution in [2.45, 2.75) is 26.8 Å². The van der Waals surface area contributed by atoms with Crippen molar-refractivity contribution < 1.29 is 13.2 Å². The number of aromatic nitrogens is 1. The Hall–Kier alpha value is -4.05. The number of nitrogens with zero attached hydrogens (tertiary/aromatic N) is 2. The molecule has 0 amide bonds. The molecule has 1 N–H and O–H groups in total. The number of rotatable bonds is 4. The first-order chi connectivity index (χ1) is 15.3. The molecule has 160 valence electrons. The smallest absolute Gasteiger partial charge is 0.196 e. The maximum absolute atomic E-state index is 14.0. The fourth-order valence-corrected chi connectivity index (χ4v) is 3.77. The van der Waals surface area contributed by atoms with Gasteiger partial charge in [-0.1, -0.05) is 12.1 Å². The van der Waals surface area contributed by atoms with E-state index in [4.69, 9.17) is 4.42 Å². The molecule has 0 radical (unpaired) electrons. The van der Waals surface area contributed by atoms with Gasteiger partial charge in [-0.2, -0.15) is 5.26 Å². The zero-order chi connectivity index (χ0) is 23.0. The molecule has 0 bridgehead atoms. The Kier molecular flexibility index (Phi) is 5.45. The summed E-state index contributed by atoms with van der Waals surface area (Å²) in [5.41, 5.74) is 2.53. The van der Waals surface area contributed by atoms with Crippen molar-refractivity contribution >= 4 is 16.7 Å². The summed E-state index contributed by atoms with van der Waals surface area (Å²) in [4.78, 5) is 17.0. The van der Waals surface area contributed by atoms with Crippen LogP contribution >= 0.6 is 0 Å². The summed E-state index contributed by atoms with van der Waals surface area (Å²) in [7, 11) is 0. The van der Waals surface area contributed by atoms with Gasteiger partial charge in [-0.3, -0.25) is 9.78 Å². The van der Waals surface area contributed by atoms with Crippen LogP contribution in [0.25, 0.3) is 22.3 Å². The van der Waals surface area contributed by atoms with E-state index < -0.39 is 17.7 Å². The first kappa shape index (κ1) is 21.2. The summed E-state index contributed by atoms with van der Waals surface area (Å²) in [6.45, 7) is 5.31. The molecule has 0 spiro atoms. The van der Waals surface area contributed by atoms with Crippen LogP contribution in [0, 0.1) is 36.8 Å². The van der Waals surface area contributed by atoms with Crippen molar-refractivity contribution in [2.24, 2.45) is 0 Å². The van der Waals surface area contributed by atoms with Gasteiger partial charge in [0, 0.05) is 22.9 Å². The fraction of sp³-hybridized carbons (Fsp3) is 0.160. The van der Waals surface area contributed by atoms with E-state index in [2.05, 4.69) is 10.3 Å². The molecule has 2 heterocycles. The molecule has 1 atom stereocenters. The highest BCUT2D eigenvalue weighted by atomic mass is 19.1. The molecule has 32 heavy (non-hydrogen) atoms. The second-order valence-electron chi connectivity index (χ2n) is 7.65. The first-order valence-electron chi connectivity index (χ1n) is 9.94. The van der Waals surface area contributed by atoms with E-state index in [1.165, 1.54) is 24.4 Å². The van der Waals surface area contributed by atoms with Crippen LogP contribution in [-0.4, -0.2) is 4.98 Å². The maximum Gasteiger partial charge on any atom is 0.196 e. The molecule has 0 aliphatic heterocycles. The predicted octanol–water partition coefficient (Wildman–Crippen LogP) is 5.79. The lowest BCUT2D eigenvalue weighted by atomic mass is 9.99. The largest absolute Gasteiger partial charge is 0.455 e. The number of halogens is 2. The van der Waals surface area contributed by atoms with Gasteiger partial charge < -0.3 is 9.73 Å². The van der Waals surface area contributed by atoms with Gasteiger partial charge >= 0.3 is 0 Å². The van der Waals surface area contributed by atoms with E-state index in [1.54, 1.807) is 19.1 Å². The van der Waals surface area contributed by atoms with E-state index in [1.807, 2.05) is 26.0 Å². The number of pyridine rings is 1. The summed E-state index contributed by atoms with van der Waals surface area (Å²) < 4.78 is 33.9. The molecule has 0 aliphatic carbocycles. The molecule has 2 aromatic heterocycles. The van der Waals surface area contributed by atoms with Crippen molar-refractivity contribution in [3.8, 4) is 17.4 Å². The van der Waals surface area contributed by atoms with Crippen LogP contribution in [0.3, 0.4) is 0 Å². The highest BCUT2D eigenvalue weighted by Gasteiger charge is 2.20. The van der Waals surface area contributed by atoms with Crippen molar-refractivity contribution in [1.29, 1.82) is 5.26 Å². The normalized spacial score (nSPS) is 11.9. The summed E-state index contributed by atoms with van der Waals surface area (Å²) >= 11 is 0. The number of anilines is 1. The molecule has 4 aromatic rings. The van der Waals surface area contributed by atoms with E-state index in [-0.39, 0.29) is 16.8 Å². The number of nitrogens with one attached hydrogen (secondary N) is 1. The van der Waals surface area contributed by atoms with Gasteiger partial charge in [0.1, 0.15) is 34.6 Å². The van der Waals surface area contributed by atoms with Crippen LogP contribution in [0.5, 0.6) is 0 Å². The summed E-state index contributed by atoms with van der Waals surface area (Å²) in [5, 5.41) is 12.9. The average molecular weight is 431 g/mol. The van der Waals surface area contributed by atoms with Gasteiger partial charge in [-0.25, -0.2) is 8.78 Å². The van der Waals surface area contributed by atoms with Gasteiger partial charge in [0.25, 0.3) is 0 Å². The number of nitriles is 1. The minimum absolute atomic E-state index is 0.0971. The van der Waals surface area contributed by atoms with E-state index in [0.29, 0.717) is 33.3 Å². The zero-order valence-corrected chi connectivity index (χ0v) is 17.7. The van der Waals surface area contributed by atoms with Crippen LogP contribution < -0.4 is 10.7 Å². The molecule has 5 nitrogen and oxygen atoms in total. The molecule has 2 aromatic carbocycles. The molecule has 0 saturated carbocycles. The highest BCUT2D eigenvalue weighted by Crippen LogP contribution is 2.32. The molecule has 0 aliphatic rings. The Morgan fingerprint density at radius 2 is 1.94 bits per heavy atom. The van der Waals surface area contributed by atoms with Gasteiger partial charge in [-0.05, 0) is 50.6 Å². The highest BCUT2D eigenvalue weighted by molar-refractivity contribution is 5.84. The lowest BCUT2D eigenvalue weighted by molar-refractivity contribution is 0.598. The fourth-order valence-electron chi connectivity index (χ4n) is 3.77. The Labute approximate surface area is 183 Å². The predicted molar refractivity (Wildman–Crippen MR) is 118 cm³/mol. The van der Waals surface area contributed by atoms with Gasteiger partial charge in [0.05, 0.1) is 23.3 Å². The molecular formula is C25H19F2N3O2. The number of hydrogen-bond acceptors (Lipinski definition) is 5. The minimum Gasteiger partial charge on any atom is -0.455 e. The van der Waals surface area contributed by atoms with E-state index in [0.717, 1.165) is 11.8 Å². The summed E-state index contributed by atoms with van der Waals surface area (Å²) in [6, 6.07) is 10.6. The lowest BCUT2D eigenvalue weighted by Gasteiger charge is -2.19. The summed E-state index contributed by atoms with van der Waals surface area (Å²) in [6.07, 6.45) is 2.51. The number of aryl methyl sites for hydroxylation is 1. The molecule has 7 heteroatoms. The Morgan fingerprint density at radius 3 is 2.66 bits per heavy atom.